The molecule has 24 heavy (non-hydrogen) atoms. The van der Waals surface area contributed by atoms with Gasteiger partial charge in [-0.2, -0.15) is 0 Å². The molecular weight excluding hydrogens is 323 g/mol. The van der Waals surface area contributed by atoms with Gasteiger partial charge in [-0.25, -0.2) is 4.39 Å². The lowest BCUT2D eigenvalue weighted by atomic mass is 9.78. The summed E-state index contributed by atoms with van der Waals surface area (Å²) in [6.45, 7) is 7.87. The topological polar surface area (TPSA) is 37.3 Å². The van der Waals surface area contributed by atoms with Crippen LogP contribution in [0.2, 0.25) is 0 Å². The van der Waals surface area contributed by atoms with E-state index >= 15 is 0 Å². The molecule has 130 valence electrons. The highest BCUT2D eigenvalue weighted by Crippen LogP contribution is 2.32. The van der Waals surface area contributed by atoms with Crippen molar-refractivity contribution in [1.29, 1.82) is 0 Å². The van der Waals surface area contributed by atoms with Crippen LogP contribution in [0.25, 0.3) is 0 Å². The molecule has 0 saturated heterocycles. The first kappa shape index (κ1) is 18.8. The molecule has 1 N–H and O–H groups in total. The van der Waals surface area contributed by atoms with Crippen LogP contribution in [0.3, 0.4) is 0 Å². The molecule has 0 bridgehead atoms. The van der Waals surface area contributed by atoms with E-state index in [4.69, 9.17) is 0 Å². The maximum Gasteiger partial charge on any atom is 0.123 e. The number of rotatable bonds is 6. The van der Waals surface area contributed by atoms with Crippen molar-refractivity contribution in [1.82, 2.24) is 0 Å². The monoisotopic (exact) mass is 348 g/mol. The van der Waals surface area contributed by atoms with Crippen LogP contribution in [0.15, 0.2) is 47.4 Å². The third-order valence-electron chi connectivity index (χ3n) is 4.30. The average Bonchev–Trinajstić information content (AvgIpc) is 2.49. The van der Waals surface area contributed by atoms with E-state index < -0.39 is 22.3 Å². The lowest BCUT2D eigenvalue weighted by molar-refractivity contribution is 0.160. The number of halogens is 1. The maximum absolute atomic E-state index is 13.6. The molecule has 0 aliphatic rings. The number of aryl methyl sites for hydroxylation is 2. The summed E-state index contributed by atoms with van der Waals surface area (Å²) in [5.74, 6) is -0.0951. The summed E-state index contributed by atoms with van der Waals surface area (Å²) in [4.78, 5) is 0.722. The highest BCUT2D eigenvalue weighted by molar-refractivity contribution is 7.85. The summed E-state index contributed by atoms with van der Waals surface area (Å²) in [5.41, 5.74) is 2.58. The molecule has 0 spiro atoms. The minimum Gasteiger partial charge on any atom is -0.392 e. The molecule has 2 rings (SSSR count). The zero-order valence-corrected chi connectivity index (χ0v) is 15.5. The van der Waals surface area contributed by atoms with E-state index in [0.29, 0.717) is 6.42 Å². The Labute approximate surface area is 146 Å². The largest absolute Gasteiger partial charge is 0.392 e. The Balaban J connectivity index is 2.07. The molecule has 0 aromatic heterocycles. The number of hydrogen-bond acceptors (Lipinski definition) is 2. The molecule has 0 radical (unpaired) electrons. The van der Waals surface area contributed by atoms with E-state index in [1.54, 1.807) is 6.07 Å². The van der Waals surface area contributed by atoms with Crippen LogP contribution in [-0.4, -0.2) is 21.2 Å². The summed E-state index contributed by atoms with van der Waals surface area (Å²) in [6.07, 6.45) is -0.292. The van der Waals surface area contributed by atoms with Crippen molar-refractivity contribution in [2.24, 2.45) is 0 Å². The molecule has 2 nitrogen and oxygen atoms in total. The van der Waals surface area contributed by atoms with Crippen molar-refractivity contribution in [2.75, 3.05) is 5.75 Å². The molecule has 2 aromatic rings. The van der Waals surface area contributed by atoms with E-state index in [0.717, 1.165) is 21.6 Å². The fourth-order valence-electron chi connectivity index (χ4n) is 3.04. The van der Waals surface area contributed by atoms with Gasteiger partial charge in [0.05, 0.1) is 22.7 Å². The zero-order chi connectivity index (χ0) is 17.9. The molecule has 0 aliphatic carbocycles. The summed E-state index contributed by atoms with van der Waals surface area (Å²) in [7, 11) is -1.25. The molecule has 0 saturated carbocycles. The quantitative estimate of drug-likeness (QED) is 0.846. The fraction of sp³-hybridized carbons (Fsp3) is 0.400. The second-order valence-electron chi connectivity index (χ2n) is 7.03. The zero-order valence-electron chi connectivity index (χ0n) is 14.7. The van der Waals surface area contributed by atoms with Crippen LogP contribution in [0, 0.1) is 19.7 Å². The Hall–Kier alpha value is -1.52. The van der Waals surface area contributed by atoms with Gasteiger partial charge in [0.1, 0.15) is 5.82 Å². The van der Waals surface area contributed by atoms with Gasteiger partial charge in [0.15, 0.2) is 0 Å². The van der Waals surface area contributed by atoms with Crippen molar-refractivity contribution in [3.63, 3.8) is 0 Å². The SMILES string of the molecule is Cc1ccc(S(=O)CC(O)CC(C)(C)c2cc(F)ccc2C)cc1. The summed E-state index contributed by atoms with van der Waals surface area (Å²) >= 11 is 0. The Morgan fingerprint density at radius 1 is 1.12 bits per heavy atom. The Bertz CT molecular complexity index is 723. The normalized spacial score (nSPS) is 14.4. The van der Waals surface area contributed by atoms with Crippen LogP contribution in [0.1, 0.15) is 37.0 Å². The highest BCUT2D eigenvalue weighted by Gasteiger charge is 2.27. The second kappa shape index (κ2) is 7.58. The van der Waals surface area contributed by atoms with E-state index in [2.05, 4.69) is 0 Å². The van der Waals surface area contributed by atoms with Crippen molar-refractivity contribution in [2.45, 2.75) is 50.5 Å². The highest BCUT2D eigenvalue weighted by atomic mass is 32.2. The van der Waals surface area contributed by atoms with Gasteiger partial charge in [-0.3, -0.25) is 4.21 Å². The second-order valence-corrected chi connectivity index (χ2v) is 8.52. The molecule has 2 atom stereocenters. The molecule has 0 heterocycles. The molecule has 0 aliphatic heterocycles. The summed E-state index contributed by atoms with van der Waals surface area (Å²) in [5, 5.41) is 10.4. The number of benzene rings is 2. The first-order valence-corrected chi connectivity index (χ1v) is 9.41. The maximum atomic E-state index is 13.6. The van der Waals surface area contributed by atoms with Gasteiger partial charge in [0, 0.05) is 4.90 Å². The standard InChI is InChI=1S/C20H25FO2S/c1-14-5-9-18(10-6-14)24(23)13-17(22)12-20(3,4)19-11-16(21)8-7-15(19)2/h5-11,17,22H,12-13H2,1-4H3. The minimum absolute atomic E-state index is 0.181. The molecular formula is C20H25FO2S. The van der Waals surface area contributed by atoms with Gasteiger partial charge in [-0.15, -0.1) is 0 Å². The predicted octanol–water partition coefficient (Wildman–Crippen LogP) is 4.28. The smallest absolute Gasteiger partial charge is 0.123 e. The number of hydrogen-bond donors (Lipinski definition) is 1. The third-order valence-corrected chi connectivity index (χ3v) is 5.79. The van der Waals surface area contributed by atoms with Crippen LogP contribution in [0.5, 0.6) is 0 Å². The van der Waals surface area contributed by atoms with E-state index in [1.807, 2.05) is 52.0 Å². The number of aliphatic hydroxyl groups excluding tert-OH is 1. The molecule has 0 fully saturated rings. The third kappa shape index (κ3) is 4.74. The Kier molecular flexibility index (Phi) is 5.94. The van der Waals surface area contributed by atoms with Crippen molar-refractivity contribution < 1.29 is 13.7 Å². The Morgan fingerprint density at radius 2 is 1.75 bits per heavy atom. The van der Waals surface area contributed by atoms with Crippen LogP contribution in [0.4, 0.5) is 4.39 Å². The number of aliphatic hydroxyl groups is 1. The van der Waals surface area contributed by atoms with Gasteiger partial charge < -0.3 is 5.11 Å². The van der Waals surface area contributed by atoms with Crippen molar-refractivity contribution >= 4 is 10.8 Å². The van der Waals surface area contributed by atoms with Crippen LogP contribution in [-0.2, 0) is 16.2 Å². The van der Waals surface area contributed by atoms with Crippen molar-refractivity contribution in [3.8, 4) is 0 Å². The lowest BCUT2D eigenvalue weighted by Gasteiger charge is -2.29. The van der Waals surface area contributed by atoms with Gasteiger partial charge in [0.25, 0.3) is 0 Å². The van der Waals surface area contributed by atoms with Gasteiger partial charge in [-0.1, -0.05) is 37.6 Å². The molecule has 2 unspecified atom stereocenters. The predicted molar refractivity (Wildman–Crippen MR) is 97.2 cm³/mol. The minimum atomic E-state index is -1.25. The Morgan fingerprint density at radius 3 is 2.38 bits per heavy atom. The first-order chi connectivity index (χ1) is 11.2. The van der Waals surface area contributed by atoms with Crippen molar-refractivity contribution in [3.05, 3.63) is 65.0 Å². The van der Waals surface area contributed by atoms with E-state index in [9.17, 15) is 13.7 Å². The molecule has 2 aromatic carbocycles. The lowest BCUT2D eigenvalue weighted by Crippen LogP contribution is -2.29. The van der Waals surface area contributed by atoms with Crippen LogP contribution >= 0.6 is 0 Å². The summed E-state index contributed by atoms with van der Waals surface area (Å²) < 4.78 is 26.0. The van der Waals surface area contributed by atoms with E-state index in [-0.39, 0.29) is 11.6 Å². The summed E-state index contributed by atoms with van der Waals surface area (Å²) in [6, 6.07) is 12.2. The van der Waals surface area contributed by atoms with Gasteiger partial charge >= 0.3 is 0 Å². The van der Waals surface area contributed by atoms with Gasteiger partial charge in [0.2, 0.25) is 0 Å². The fourth-order valence-corrected chi connectivity index (χ4v) is 4.14. The van der Waals surface area contributed by atoms with E-state index in [1.165, 1.54) is 12.1 Å². The molecule has 4 heteroatoms. The van der Waals surface area contributed by atoms with Gasteiger partial charge in [-0.05, 0) is 61.1 Å². The first-order valence-electron chi connectivity index (χ1n) is 8.09. The molecule has 0 amide bonds. The average molecular weight is 348 g/mol. The van der Waals surface area contributed by atoms with Crippen LogP contribution < -0.4 is 0 Å².